The molecular formula is C10H18N2O2. The Balaban J connectivity index is 2.80. The second kappa shape index (κ2) is 3.26. The number of amides is 2. The highest BCUT2D eigenvalue weighted by molar-refractivity contribution is 5.80. The Labute approximate surface area is 84.4 Å². The van der Waals surface area contributed by atoms with Crippen molar-refractivity contribution in [3.05, 3.63) is 0 Å². The van der Waals surface area contributed by atoms with Gasteiger partial charge in [-0.1, -0.05) is 0 Å². The van der Waals surface area contributed by atoms with E-state index in [0.717, 1.165) is 6.42 Å². The van der Waals surface area contributed by atoms with Crippen LogP contribution in [-0.2, 0) is 9.59 Å². The van der Waals surface area contributed by atoms with Crippen LogP contribution in [0.4, 0.5) is 0 Å². The standard InChI is InChI=1S/C10H18N2O2/c1-7(13)11-9(2,3)10(4)6-5-8(14)12-10/h5-6H2,1-4H3,(H,11,13)(H,12,14). The second-order valence-corrected chi connectivity index (χ2v) is 4.69. The Bertz CT molecular complexity index is 273. The van der Waals surface area contributed by atoms with Gasteiger partial charge < -0.3 is 10.6 Å². The lowest BCUT2D eigenvalue weighted by Gasteiger charge is -2.41. The molecule has 0 aromatic carbocycles. The van der Waals surface area contributed by atoms with Gasteiger partial charge in [-0.15, -0.1) is 0 Å². The van der Waals surface area contributed by atoms with Crippen LogP contribution >= 0.6 is 0 Å². The summed E-state index contributed by atoms with van der Waals surface area (Å²) in [5.74, 6) is -0.0108. The second-order valence-electron chi connectivity index (χ2n) is 4.69. The van der Waals surface area contributed by atoms with Crippen LogP contribution in [0.25, 0.3) is 0 Å². The molecule has 1 rings (SSSR count). The molecule has 80 valence electrons. The highest BCUT2D eigenvalue weighted by Gasteiger charge is 2.46. The van der Waals surface area contributed by atoms with E-state index in [9.17, 15) is 9.59 Å². The number of nitrogens with one attached hydrogen (secondary N) is 2. The molecule has 1 saturated heterocycles. The van der Waals surface area contributed by atoms with Crippen molar-refractivity contribution in [2.24, 2.45) is 0 Å². The van der Waals surface area contributed by atoms with Gasteiger partial charge in [0.15, 0.2) is 0 Å². The van der Waals surface area contributed by atoms with Gasteiger partial charge in [0.1, 0.15) is 0 Å². The van der Waals surface area contributed by atoms with E-state index in [1.165, 1.54) is 6.92 Å². The van der Waals surface area contributed by atoms with Crippen LogP contribution in [-0.4, -0.2) is 22.9 Å². The van der Waals surface area contributed by atoms with E-state index in [1.807, 2.05) is 20.8 Å². The Morgan fingerprint density at radius 2 is 2.14 bits per heavy atom. The Morgan fingerprint density at radius 1 is 1.57 bits per heavy atom. The lowest BCUT2D eigenvalue weighted by atomic mass is 9.80. The Morgan fingerprint density at radius 3 is 2.50 bits per heavy atom. The minimum atomic E-state index is -0.412. The molecule has 2 N–H and O–H groups in total. The minimum Gasteiger partial charge on any atom is -0.349 e. The van der Waals surface area contributed by atoms with Gasteiger partial charge >= 0.3 is 0 Å². The maximum Gasteiger partial charge on any atom is 0.220 e. The largest absolute Gasteiger partial charge is 0.349 e. The van der Waals surface area contributed by atoms with Crippen molar-refractivity contribution in [2.75, 3.05) is 0 Å². The quantitative estimate of drug-likeness (QED) is 0.681. The van der Waals surface area contributed by atoms with Gasteiger partial charge in [-0.05, 0) is 27.2 Å². The van der Waals surface area contributed by atoms with Crippen LogP contribution in [0.3, 0.4) is 0 Å². The predicted octanol–water partition coefficient (Wildman–Crippen LogP) is 0.570. The van der Waals surface area contributed by atoms with Crippen molar-refractivity contribution >= 4 is 11.8 Å². The minimum absolute atomic E-state index is 0.0610. The van der Waals surface area contributed by atoms with Crippen LogP contribution in [0.2, 0.25) is 0 Å². The summed E-state index contributed by atoms with van der Waals surface area (Å²) in [7, 11) is 0. The van der Waals surface area contributed by atoms with Crippen molar-refractivity contribution in [1.29, 1.82) is 0 Å². The number of hydrogen-bond donors (Lipinski definition) is 2. The number of carbonyl (C=O) groups is 2. The number of rotatable bonds is 2. The normalized spacial score (nSPS) is 27.3. The molecule has 0 bridgehead atoms. The average Bonchev–Trinajstić information content (AvgIpc) is 2.29. The van der Waals surface area contributed by atoms with E-state index in [1.54, 1.807) is 0 Å². The molecule has 4 heteroatoms. The third-order valence-corrected chi connectivity index (χ3v) is 3.14. The van der Waals surface area contributed by atoms with Crippen molar-refractivity contribution in [3.63, 3.8) is 0 Å². The molecular weight excluding hydrogens is 180 g/mol. The summed E-state index contributed by atoms with van der Waals surface area (Å²) in [5, 5.41) is 5.79. The maximum absolute atomic E-state index is 11.2. The van der Waals surface area contributed by atoms with Crippen molar-refractivity contribution in [1.82, 2.24) is 10.6 Å². The lowest BCUT2D eigenvalue weighted by molar-refractivity contribution is -0.123. The fraction of sp³-hybridized carbons (Fsp3) is 0.800. The first-order chi connectivity index (χ1) is 6.27. The molecule has 1 aliphatic heterocycles. The summed E-state index contributed by atoms with van der Waals surface area (Å²) in [6.45, 7) is 7.32. The molecule has 0 aromatic rings. The zero-order valence-corrected chi connectivity index (χ0v) is 9.23. The summed E-state index contributed by atoms with van der Waals surface area (Å²) in [4.78, 5) is 22.2. The lowest BCUT2D eigenvalue weighted by Crippen LogP contribution is -2.63. The Hall–Kier alpha value is -1.06. The fourth-order valence-electron chi connectivity index (χ4n) is 1.84. The smallest absolute Gasteiger partial charge is 0.220 e. The zero-order chi connectivity index (χ0) is 11.0. The third kappa shape index (κ3) is 1.89. The molecule has 4 nitrogen and oxygen atoms in total. The highest BCUT2D eigenvalue weighted by atomic mass is 16.2. The average molecular weight is 198 g/mol. The van der Waals surface area contributed by atoms with E-state index < -0.39 is 5.54 Å². The number of hydrogen-bond acceptors (Lipinski definition) is 2. The van der Waals surface area contributed by atoms with Gasteiger partial charge in [0.2, 0.25) is 11.8 Å². The van der Waals surface area contributed by atoms with Crippen LogP contribution in [0, 0.1) is 0 Å². The van der Waals surface area contributed by atoms with Crippen LogP contribution in [0.5, 0.6) is 0 Å². The zero-order valence-electron chi connectivity index (χ0n) is 9.23. The van der Waals surface area contributed by atoms with Crippen LogP contribution < -0.4 is 10.6 Å². The molecule has 1 heterocycles. The topological polar surface area (TPSA) is 58.2 Å². The van der Waals surface area contributed by atoms with E-state index >= 15 is 0 Å². The van der Waals surface area contributed by atoms with Crippen molar-refractivity contribution in [2.45, 2.75) is 51.6 Å². The molecule has 0 spiro atoms. The van der Waals surface area contributed by atoms with Gasteiger partial charge in [-0.3, -0.25) is 9.59 Å². The summed E-state index contributed by atoms with van der Waals surface area (Å²) >= 11 is 0. The van der Waals surface area contributed by atoms with Crippen LogP contribution in [0.15, 0.2) is 0 Å². The summed E-state index contributed by atoms with van der Waals surface area (Å²) in [6, 6.07) is 0. The summed E-state index contributed by atoms with van der Waals surface area (Å²) < 4.78 is 0. The van der Waals surface area contributed by atoms with Gasteiger partial charge in [-0.25, -0.2) is 0 Å². The number of carbonyl (C=O) groups excluding carboxylic acids is 2. The molecule has 1 fully saturated rings. The van der Waals surface area contributed by atoms with Gasteiger partial charge in [-0.2, -0.15) is 0 Å². The molecule has 1 unspecified atom stereocenters. The van der Waals surface area contributed by atoms with E-state index in [2.05, 4.69) is 10.6 Å². The summed E-state index contributed by atoms with van der Waals surface area (Å²) in [5.41, 5.74) is -0.749. The van der Waals surface area contributed by atoms with Gasteiger partial charge in [0.25, 0.3) is 0 Å². The molecule has 0 saturated carbocycles. The molecule has 14 heavy (non-hydrogen) atoms. The predicted molar refractivity (Wildman–Crippen MR) is 53.7 cm³/mol. The Kier molecular flexibility index (Phi) is 2.56. The third-order valence-electron chi connectivity index (χ3n) is 3.14. The monoisotopic (exact) mass is 198 g/mol. The molecule has 2 amide bonds. The first-order valence-electron chi connectivity index (χ1n) is 4.87. The maximum atomic E-state index is 11.2. The molecule has 1 aliphatic rings. The van der Waals surface area contributed by atoms with Crippen LogP contribution in [0.1, 0.15) is 40.5 Å². The van der Waals surface area contributed by atoms with E-state index in [-0.39, 0.29) is 17.4 Å². The fourth-order valence-corrected chi connectivity index (χ4v) is 1.84. The summed E-state index contributed by atoms with van der Waals surface area (Å²) in [6.07, 6.45) is 1.30. The van der Waals surface area contributed by atoms with E-state index in [0.29, 0.717) is 6.42 Å². The van der Waals surface area contributed by atoms with Crippen molar-refractivity contribution < 1.29 is 9.59 Å². The first kappa shape index (κ1) is 11.0. The molecule has 0 aliphatic carbocycles. The molecule has 0 radical (unpaired) electrons. The highest BCUT2D eigenvalue weighted by Crippen LogP contribution is 2.30. The molecule has 1 atom stereocenters. The van der Waals surface area contributed by atoms with E-state index in [4.69, 9.17) is 0 Å². The van der Waals surface area contributed by atoms with Gasteiger partial charge in [0.05, 0.1) is 11.1 Å². The van der Waals surface area contributed by atoms with Gasteiger partial charge in [0, 0.05) is 13.3 Å². The molecule has 0 aromatic heterocycles. The van der Waals surface area contributed by atoms with Crippen molar-refractivity contribution in [3.8, 4) is 0 Å². The first-order valence-corrected chi connectivity index (χ1v) is 4.87. The SMILES string of the molecule is CC(=O)NC(C)(C)C1(C)CCC(=O)N1.